The van der Waals surface area contributed by atoms with E-state index in [9.17, 15) is 13.2 Å². The van der Waals surface area contributed by atoms with Gasteiger partial charge in [0.15, 0.2) is 0 Å². The van der Waals surface area contributed by atoms with Crippen LogP contribution in [0.2, 0.25) is 0 Å². The van der Waals surface area contributed by atoms with E-state index in [1.807, 2.05) is 0 Å². The number of rotatable bonds is 4. The Morgan fingerprint density at radius 2 is 1.79 bits per heavy atom. The van der Waals surface area contributed by atoms with E-state index in [0.717, 1.165) is 19.5 Å². The molecule has 1 aromatic heterocycles. The lowest BCUT2D eigenvalue weighted by molar-refractivity contribution is -0.141. The van der Waals surface area contributed by atoms with E-state index in [0.29, 0.717) is 18.4 Å². The summed E-state index contributed by atoms with van der Waals surface area (Å²) in [6.45, 7) is 3.78. The molecular weight excluding hydrogens is 317 g/mol. The van der Waals surface area contributed by atoms with Crippen LogP contribution < -0.4 is 0 Å². The van der Waals surface area contributed by atoms with Gasteiger partial charge in [-0.05, 0) is 45.3 Å². The van der Waals surface area contributed by atoms with Crippen LogP contribution in [0.25, 0.3) is 0 Å². The summed E-state index contributed by atoms with van der Waals surface area (Å²) in [5.74, 6) is 0.517. The molecule has 2 aliphatic rings. The van der Waals surface area contributed by atoms with Crippen molar-refractivity contribution in [3.8, 4) is 0 Å². The van der Waals surface area contributed by atoms with Crippen LogP contribution in [0.15, 0.2) is 12.4 Å². The standard InChI is InChI=1S/C17H27F3N4/c18-17(19,20)14-24-11-7-21-16(24)13-22-8-5-6-15(12-22)23-9-3-1-2-4-10-23/h7,11,15H,1-6,8-10,12-14H2/t15-/m1/s1. The summed E-state index contributed by atoms with van der Waals surface area (Å²) in [7, 11) is 0. The summed E-state index contributed by atoms with van der Waals surface area (Å²) in [6.07, 6.45) is 6.19. The molecule has 0 aromatic carbocycles. The van der Waals surface area contributed by atoms with Crippen LogP contribution >= 0.6 is 0 Å². The van der Waals surface area contributed by atoms with Crippen molar-refractivity contribution < 1.29 is 13.2 Å². The minimum absolute atomic E-state index is 0.507. The van der Waals surface area contributed by atoms with Gasteiger partial charge in [0, 0.05) is 25.0 Å². The van der Waals surface area contributed by atoms with Crippen LogP contribution in [0.3, 0.4) is 0 Å². The Balaban J connectivity index is 1.58. The third-order valence-electron chi connectivity index (χ3n) is 5.15. The second kappa shape index (κ2) is 7.87. The Kier molecular flexibility index (Phi) is 5.81. The molecule has 3 rings (SSSR count). The highest BCUT2D eigenvalue weighted by molar-refractivity contribution is 4.94. The number of nitrogens with zero attached hydrogens (tertiary/aromatic N) is 4. The second-order valence-corrected chi connectivity index (χ2v) is 7.07. The zero-order chi connectivity index (χ0) is 17.0. The van der Waals surface area contributed by atoms with E-state index < -0.39 is 12.7 Å². The van der Waals surface area contributed by atoms with Crippen molar-refractivity contribution in [3.05, 3.63) is 18.2 Å². The van der Waals surface area contributed by atoms with Gasteiger partial charge in [-0.3, -0.25) is 9.80 Å². The number of hydrogen-bond acceptors (Lipinski definition) is 3. The van der Waals surface area contributed by atoms with Gasteiger partial charge in [0.1, 0.15) is 12.4 Å². The molecule has 1 aromatic rings. The lowest BCUT2D eigenvalue weighted by Gasteiger charge is -2.39. The molecule has 24 heavy (non-hydrogen) atoms. The molecule has 0 aliphatic carbocycles. The zero-order valence-electron chi connectivity index (χ0n) is 14.1. The zero-order valence-corrected chi connectivity index (χ0v) is 14.1. The van der Waals surface area contributed by atoms with Crippen molar-refractivity contribution in [3.63, 3.8) is 0 Å². The molecule has 2 aliphatic heterocycles. The van der Waals surface area contributed by atoms with Crippen molar-refractivity contribution >= 4 is 0 Å². The molecule has 2 fully saturated rings. The summed E-state index contributed by atoms with van der Waals surface area (Å²) in [5.41, 5.74) is 0. The van der Waals surface area contributed by atoms with E-state index in [1.54, 1.807) is 0 Å². The molecule has 0 saturated carbocycles. The Morgan fingerprint density at radius 1 is 1.04 bits per heavy atom. The average molecular weight is 344 g/mol. The number of likely N-dealkylation sites (tertiary alicyclic amines) is 2. The summed E-state index contributed by atoms with van der Waals surface area (Å²) < 4.78 is 39.2. The Morgan fingerprint density at radius 3 is 2.50 bits per heavy atom. The number of imidazole rings is 1. The van der Waals surface area contributed by atoms with Crippen LogP contribution in [0.4, 0.5) is 13.2 Å². The van der Waals surface area contributed by atoms with Gasteiger partial charge in [0.05, 0.1) is 6.54 Å². The lowest BCUT2D eigenvalue weighted by atomic mass is 10.0. The first kappa shape index (κ1) is 17.7. The Bertz CT molecular complexity index is 506. The molecule has 0 spiro atoms. The highest BCUT2D eigenvalue weighted by Gasteiger charge is 2.30. The fraction of sp³-hybridized carbons (Fsp3) is 0.824. The molecule has 3 heterocycles. The largest absolute Gasteiger partial charge is 0.406 e. The number of halogens is 3. The van der Waals surface area contributed by atoms with Gasteiger partial charge < -0.3 is 4.57 Å². The second-order valence-electron chi connectivity index (χ2n) is 7.07. The first-order valence-electron chi connectivity index (χ1n) is 9.04. The van der Waals surface area contributed by atoms with Crippen LogP contribution in [-0.4, -0.2) is 57.7 Å². The van der Waals surface area contributed by atoms with Gasteiger partial charge in [-0.1, -0.05) is 12.8 Å². The molecule has 7 heteroatoms. The quantitative estimate of drug-likeness (QED) is 0.838. The third-order valence-corrected chi connectivity index (χ3v) is 5.15. The maximum atomic E-state index is 12.7. The molecule has 2 saturated heterocycles. The van der Waals surface area contributed by atoms with Crippen LogP contribution in [0.1, 0.15) is 44.3 Å². The number of hydrogen-bond donors (Lipinski definition) is 0. The summed E-state index contributed by atoms with van der Waals surface area (Å²) in [4.78, 5) is 9.03. The molecule has 136 valence electrons. The average Bonchev–Trinajstić information content (AvgIpc) is 2.79. The number of alkyl halides is 3. The van der Waals surface area contributed by atoms with E-state index in [1.165, 1.54) is 62.2 Å². The monoisotopic (exact) mass is 344 g/mol. The highest BCUT2D eigenvalue weighted by atomic mass is 19.4. The molecule has 4 nitrogen and oxygen atoms in total. The maximum Gasteiger partial charge on any atom is 0.406 e. The van der Waals surface area contributed by atoms with Crippen LogP contribution in [0.5, 0.6) is 0 Å². The summed E-state index contributed by atoms with van der Waals surface area (Å²) in [5, 5.41) is 0. The van der Waals surface area contributed by atoms with Gasteiger partial charge in [-0.15, -0.1) is 0 Å². The number of piperidine rings is 1. The summed E-state index contributed by atoms with van der Waals surface area (Å²) >= 11 is 0. The Hall–Kier alpha value is -1.08. The van der Waals surface area contributed by atoms with E-state index in [-0.39, 0.29) is 0 Å². The fourth-order valence-electron chi connectivity index (χ4n) is 3.96. The van der Waals surface area contributed by atoms with Gasteiger partial charge in [-0.2, -0.15) is 13.2 Å². The molecule has 0 radical (unpaired) electrons. The Labute approximate surface area is 141 Å². The maximum absolute atomic E-state index is 12.7. The smallest absolute Gasteiger partial charge is 0.325 e. The SMILES string of the molecule is FC(F)(F)Cn1ccnc1CN1CCC[C@@H](N2CCCCCC2)C1. The van der Waals surface area contributed by atoms with Crippen LogP contribution in [-0.2, 0) is 13.1 Å². The fourth-order valence-corrected chi connectivity index (χ4v) is 3.96. The molecular formula is C17H27F3N4. The van der Waals surface area contributed by atoms with Gasteiger partial charge in [-0.25, -0.2) is 4.98 Å². The van der Waals surface area contributed by atoms with Gasteiger partial charge in [0.2, 0.25) is 0 Å². The molecule has 0 N–H and O–H groups in total. The normalized spacial score (nSPS) is 24.9. The minimum Gasteiger partial charge on any atom is -0.325 e. The predicted molar refractivity (Wildman–Crippen MR) is 86.6 cm³/mol. The van der Waals surface area contributed by atoms with Crippen molar-refractivity contribution in [1.82, 2.24) is 19.4 Å². The lowest BCUT2D eigenvalue weighted by Crippen LogP contribution is -2.48. The van der Waals surface area contributed by atoms with Crippen LogP contribution in [0, 0.1) is 0 Å². The van der Waals surface area contributed by atoms with Crippen molar-refractivity contribution in [2.75, 3.05) is 26.2 Å². The molecule has 0 bridgehead atoms. The summed E-state index contributed by atoms with van der Waals surface area (Å²) in [6, 6.07) is 0.544. The third kappa shape index (κ3) is 4.96. The van der Waals surface area contributed by atoms with E-state index >= 15 is 0 Å². The minimum atomic E-state index is -4.20. The predicted octanol–water partition coefficient (Wildman–Crippen LogP) is 3.29. The number of aromatic nitrogens is 2. The first-order chi connectivity index (χ1) is 11.5. The van der Waals surface area contributed by atoms with Gasteiger partial charge >= 0.3 is 6.18 Å². The highest BCUT2D eigenvalue weighted by Crippen LogP contribution is 2.22. The van der Waals surface area contributed by atoms with E-state index in [4.69, 9.17) is 0 Å². The van der Waals surface area contributed by atoms with Crippen molar-refractivity contribution in [2.45, 2.75) is 63.8 Å². The molecule has 0 amide bonds. The first-order valence-corrected chi connectivity index (χ1v) is 9.04. The van der Waals surface area contributed by atoms with Crippen molar-refractivity contribution in [2.24, 2.45) is 0 Å². The van der Waals surface area contributed by atoms with E-state index in [2.05, 4.69) is 14.8 Å². The van der Waals surface area contributed by atoms with Gasteiger partial charge in [0.25, 0.3) is 0 Å². The van der Waals surface area contributed by atoms with Crippen molar-refractivity contribution in [1.29, 1.82) is 0 Å². The molecule has 1 atom stereocenters. The molecule has 0 unspecified atom stereocenters. The topological polar surface area (TPSA) is 24.3 Å².